The van der Waals surface area contributed by atoms with Gasteiger partial charge in [-0.15, -0.1) is 0 Å². The lowest BCUT2D eigenvalue weighted by atomic mass is 10.1. The second kappa shape index (κ2) is 11.0. The van der Waals surface area contributed by atoms with Crippen LogP contribution in [0.4, 0.5) is 5.69 Å². The fourth-order valence-electron chi connectivity index (χ4n) is 4.29. The van der Waals surface area contributed by atoms with E-state index in [4.69, 9.17) is 4.74 Å². The van der Waals surface area contributed by atoms with E-state index in [9.17, 15) is 13.5 Å². The number of anilines is 1. The molecule has 0 aliphatic rings. The molecule has 37 heavy (non-hydrogen) atoms. The molecule has 1 atom stereocenters. The first-order valence-electron chi connectivity index (χ1n) is 12.2. The normalized spacial score (nSPS) is 12.6. The number of aromatic nitrogens is 1. The van der Waals surface area contributed by atoms with Gasteiger partial charge in [0.1, 0.15) is 18.5 Å². The number of benzene rings is 4. The maximum absolute atomic E-state index is 12.5. The summed E-state index contributed by atoms with van der Waals surface area (Å²) in [6.45, 7) is 1.25. The number of fused-ring (bicyclic) bond motifs is 3. The van der Waals surface area contributed by atoms with Crippen molar-refractivity contribution in [3.8, 4) is 5.75 Å². The first kappa shape index (κ1) is 24.8. The van der Waals surface area contributed by atoms with Crippen LogP contribution >= 0.6 is 0 Å². The van der Waals surface area contributed by atoms with E-state index in [1.165, 1.54) is 0 Å². The van der Waals surface area contributed by atoms with E-state index in [-0.39, 0.29) is 11.5 Å². The quantitative estimate of drug-likeness (QED) is 0.191. The first-order chi connectivity index (χ1) is 18.0. The summed E-state index contributed by atoms with van der Waals surface area (Å²) in [7, 11) is -3.61. The molecule has 0 saturated carbocycles. The molecule has 0 aliphatic carbocycles. The van der Waals surface area contributed by atoms with E-state index in [1.54, 1.807) is 42.5 Å². The average molecular weight is 516 g/mol. The molecule has 4 N–H and O–H groups in total. The van der Waals surface area contributed by atoms with Crippen molar-refractivity contribution in [1.29, 1.82) is 0 Å². The van der Waals surface area contributed by atoms with Gasteiger partial charge in [-0.2, -0.15) is 0 Å². The van der Waals surface area contributed by atoms with Gasteiger partial charge in [0.15, 0.2) is 0 Å². The van der Waals surface area contributed by atoms with Gasteiger partial charge in [-0.25, -0.2) is 8.42 Å². The van der Waals surface area contributed by atoms with E-state index in [2.05, 4.69) is 21.1 Å². The maximum atomic E-state index is 12.5. The molecule has 1 heterocycles. The molecule has 0 saturated heterocycles. The van der Waals surface area contributed by atoms with Crippen molar-refractivity contribution >= 4 is 37.5 Å². The number of H-pyrrole nitrogens is 1. The molecule has 0 radical (unpaired) electrons. The summed E-state index contributed by atoms with van der Waals surface area (Å²) in [5.41, 5.74) is 3.63. The second-order valence-electron chi connectivity index (χ2n) is 8.88. The zero-order chi connectivity index (χ0) is 25.7. The highest BCUT2D eigenvalue weighted by Crippen LogP contribution is 2.33. The molecule has 0 bridgehead atoms. The molecule has 0 aliphatic heterocycles. The van der Waals surface area contributed by atoms with Gasteiger partial charge in [0.2, 0.25) is 0 Å². The first-order valence-corrected chi connectivity index (χ1v) is 13.7. The SMILES string of the molecule is O=S(=O)(Nc1ccc(CCNC[C@H](O)COc2cccc3[nH]c4ccccc4c23)cc1)c1ccccc1. The lowest BCUT2D eigenvalue weighted by molar-refractivity contribution is 0.107. The second-order valence-corrected chi connectivity index (χ2v) is 10.6. The van der Waals surface area contributed by atoms with Crippen LogP contribution in [0.1, 0.15) is 5.56 Å². The standard InChI is InChI=1S/C29H29N3O4S/c33-23(20-36-28-12-6-11-27-29(28)25-9-4-5-10-26(25)31-27)19-30-18-17-21-13-15-22(16-14-21)32-37(34,35)24-7-2-1-3-8-24/h1-16,23,30-33H,17-20H2/t23-/m0/s1. The maximum Gasteiger partial charge on any atom is 0.261 e. The highest BCUT2D eigenvalue weighted by molar-refractivity contribution is 7.92. The van der Waals surface area contributed by atoms with Crippen molar-refractivity contribution in [3.05, 3.63) is 103 Å². The molecule has 5 rings (SSSR count). The number of sulfonamides is 1. The van der Waals surface area contributed by atoms with Crippen LogP contribution in [0.15, 0.2) is 102 Å². The van der Waals surface area contributed by atoms with Crippen molar-refractivity contribution in [2.45, 2.75) is 17.4 Å². The fourth-order valence-corrected chi connectivity index (χ4v) is 5.37. The monoisotopic (exact) mass is 515 g/mol. The summed E-state index contributed by atoms with van der Waals surface area (Å²) >= 11 is 0. The minimum atomic E-state index is -3.61. The van der Waals surface area contributed by atoms with Crippen molar-refractivity contribution in [3.63, 3.8) is 0 Å². The van der Waals surface area contributed by atoms with Crippen LogP contribution in [0, 0.1) is 0 Å². The van der Waals surface area contributed by atoms with Crippen molar-refractivity contribution in [2.24, 2.45) is 0 Å². The number of hydrogen-bond donors (Lipinski definition) is 4. The van der Waals surface area contributed by atoms with Crippen LogP contribution in [0.2, 0.25) is 0 Å². The molecule has 7 nitrogen and oxygen atoms in total. The van der Waals surface area contributed by atoms with E-state index in [0.29, 0.717) is 18.8 Å². The summed E-state index contributed by atoms with van der Waals surface area (Å²) in [6.07, 6.45) is 0.0868. The Balaban J connectivity index is 1.08. The Bertz CT molecular complexity index is 1580. The molecular formula is C29H29N3O4S. The van der Waals surface area contributed by atoms with E-state index < -0.39 is 16.1 Å². The van der Waals surface area contributed by atoms with Crippen molar-refractivity contribution in [2.75, 3.05) is 24.4 Å². The molecule has 5 aromatic rings. The predicted octanol–water partition coefficient (Wildman–Crippen LogP) is 4.69. The molecule has 1 aromatic heterocycles. The highest BCUT2D eigenvalue weighted by Gasteiger charge is 2.14. The van der Waals surface area contributed by atoms with Crippen molar-refractivity contribution in [1.82, 2.24) is 10.3 Å². The zero-order valence-corrected chi connectivity index (χ0v) is 21.0. The summed E-state index contributed by atoms with van der Waals surface area (Å²) in [6, 6.07) is 29.6. The number of ether oxygens (including phenoxy) is 1. The zero-order valence-electron chi connectivity index (χ0n) is 20.2. The van der Waals surface area contributed by atoms with Crippen LogP contribution in [0.3, 0.4) is 0 Å². The Kier molecular flexibility index (Phi) is 7.41. The fraction of sp³-hybridized carbons (Fsp3) is 0.172. The third-order valence-electron chi connectivity index (χ3n) is 6.15. The third kappa shape index (κ3) is 5.94. The smallest absolute Gasteiger partial charge is 0.261 e. The molecule has 0 spiro atoms. The average Bonchev–Trinajstić information content (AvgIpc) is 3.30. The summed E-state index contributed by atoms with van der Waals surface area (Å²) in [5, 5.41) is 15.8. The molecule has 4 aromatic carbocycles. The van der Waals surface area contributed by atoms with E-state index in [0.717, 1.165) is 39.5 Å². The van der Waals surface area contributed by atoms with Crippen LogP contribution in [0.25, 0.3) is 21.8 Å². The van der Waals surface area contributed by atoms with Gasteiger partial charge >= 0.3 is 0 Å². The Labute approximate surface area is 216 Å². The van der Waals surface area contributed by atoms with Gasteiger partial charge in [0.25, 0.3) is 10.0 Å². The van der Waals surface area contributed by atoms with E-state index >= 15 is 0 Å². The molecule has 0 amide bonds. The highest BCUT2D eigenvalue weighted by atomic mass is 32.2. The Morgan fingerprint density at radius 1 is 0.838 bits per heavy atom. The number of hydrogen-bond acceptors (Lipinski definition) is 5. The van der Waals surface area contributed by atoms with Gasteiger partial charge in [-0.05, 0) is 61.0 Å². The summed E-state index contributed by atoms with van der Waals surface area (Å²) < 4.78 is 33.5. The van der Waals surface area contributed by atoms with Crippen LogP contribution < -0.4 is 14.8 Å². The molecule has 0 unspecified atom stereocenters. The number of aliphatic hydroxyl groups is 1. The van der Waals surface area contributed by atoms with Gasteiger partial charge in [0, 0.05) is 28.5 Å². The number of rotatable bonds is 11. The molecular weight excluding hydrogens is 486 g/mol. The summed E-state index contributed by atoms with van der Waals surface area (Å²) in [4.78, 5) is 3.62. The summed E-state index contributed by atoms with van der Waals surface area (Å²) in [5.74, 6) is 0.747. The molecule has 8 heteroatoms. The van der Waals surface area contributed by atoms with Gasteiger partial charge in [-0.1, -0.05) is 54.6 Å². The lowest BCUT2D eigenvalue weighted by Gasteiger charge is -2.14. The van der Waals surface area contributed by atoms with Crippen LogP contribution in [-0.4, -0.2) is 44.3 Å². The minimum Gasteiger partial charge on any atom is -0.490 e. The largest absolute Gasteiger partial charge is 0.490 e. The van der Waals surface area contributed by atoms with Crippen LogP contribution in [-0.2, 0) is 16.4 Å². The Hall–Kier alpha value is -3.85. The number of aliphatic hydroxyl groups excluding tert-OH is 1. The third-order valence-corrected chi connectivity index (χ3v) is 7.55. The Morgan fingerprint density at radius 2 is 1.57 bits per heavy atom. The number of aromatic amines is 1. The van der Waals surface area contributed by atoms with Gasteiger partial charge in [0.05, 0.1) is 10.4 Å². The lowest BCUT2D eigenvalue weighted by Crippen LogP contribution is -2.32. The molecule has 190 valence electrons. The Morgan fingerprint density at radius 3 is 2.38 bits per heavy atom. The van der Waals surface area contributed by atoms with Crippen molar-refractivity contribution < 1.29 is 18.3 Å². The topological polar surface area (TPSA) is 103 Å². The number of nitrogens with one attached hydrogen (secondary N) is 3. The number of para-hydroxylation sites is 1. The minimum absolute atomic E-state index is 0.182. The molecule has 0 fully saturated rings. The van der Waals surface area contributed by atoms with E-state index in [1.807, 2.05) is 48.5 Å². The van der Waals surface area contributed by atoms with Gasteiger partial charge in [-0.3, -0.25) is 4.72 Å². The predicted molar refractivity (Wildman–Crippen MR) is 148 cm³/mol. The van der Waals surface area contributed by atoms with Gasteiger partial charge < -0.3 is 20.1 Å². The van der Waals surface area contributed by atoms with Crippen LogP contribution in [0.5, 0.6) is 5.75 Å².